The highest BCUT2D eigenvalue weighted by atomic mass is 32.2. The summed E-state index contributed by atoms with van der Waals surface area (Å²) in [4.78, 5) is 4.35. The van der Waals surface area contributed by atoms with Gasteiger partial charge in [-0.15, -0.1) is 0 Å². The third-order valence-electron chi connectivity index (χ3n) is 3.30. The van der Waals surface area contributed by atoms with Crippen LogP contribution >= 0.6 is 0 Å². The number of aryl methyl sites for hydroxylation is 2. The van der Waals surface area contributed by atoms with E-state index in [-0.39, 0.29) is 15.8 Å². The first-order valence-corrected chi connectivity index (χ1v) is 8.36. The lowest BCUT2D eigenvalue weighted by Gasteiger charge is -2.02. The van der Waals surface area contributed by atoms with Gasteiger partial charge in [0, 0.05) is 6.42 Å². The molecule has 0 N–H and O–H groups in total. The summed E-state index contributed by atoms with van der Waals surface area (Å²) in [5.74, 6) is 0.902. The second-order valence-electron chi connectivity index (χ2n) is 4.89. The van der Waals surface area contributed by atoms with Crippen LogP contribution in [0.5, 0.6) is 0 Å². The van der Waals surface area contributed by atoms with Crippen LogP contribution < -0.4 is 0 Å². The van der Waals surface area contributed by atoms with E-state index < -0.39 is 9.84 Å². The van der Waals surface area contributed by atoms with E-state index in [2.05, 4.69) is 4.98 Å². The number of hydrogen-bond acceptors (Lipinski definition) is 5. The summed E-state index contributed by atoms with van der Waals surface area (Å²) in [6.07, 6.45) is 1.91. The molecule has 0 atom stereocenters. The van der Waals surface area contributed by atoms with Gasteiger partial charge in [-0.25, -0.2) is 8.42 Å². The van der Waals surface area contributed by atoms with Crippen molar-refractivity contribution in [1.29, 1.82) is 0 Å². The van der Waals surface area contributed by atoms with E-state index in [0.717, 1.165) is 5.56 Å². The Bertz CT molecular complexity index is 875. The average Bonchev–Trinajstić information content (AvgIpc) is 3.16. The molecule has 0 saturated carbocycles. The van der Waals surface area contributed by atoms with E-state index in [1.165, 1.54) is 6.26 Å². The zero-order valence-corrected chi connectivity index (χ0v) is 13.1. The standard InChI is InChI=1S/C16H15NO4S/c1-3-13-16(17-15(21-13)14-5-4-10-20-14)22(18,19)12-8-6-11(2)7-9-12/h4-10H,3H2,1-2H3. The molecule has 0 unspecified atom stereocenters. The second kappa shape index (κ2) is 5.46. The number of hydrogen-bond donors (Lipinski definition) is 0. The highest BCUT2D eigenvalue weighted by molar-refractivity contribution is 7.91. The molecule has 2 heterocycles. The van der Waals surface area contributed by atoms with Crippen molar-refractivity contribution in [3.05, 3.63) is 54.0 Å². The molecule has 22 heavy (non-hydrogen) atoms. The van der Waals surface area contributed by atoms with Crippen LogP contribution in [0.2, 0.25) is 0 Å². The predicted octanol–water partition coefficient (Wildman–Crippen LogP) is 3.64. The molecule has 1 aromatic carbocycles. The molecule has 2 aromatic heterocycles. The third-order valence-corrected chi connectivity index (χ3v) is 5.02. The van der Waals surface area contributed by atoms with Gasteiger partial charge in [0.05, 0.1) is 11.2 Å². The normalized spacial score (nSPS) is 11.7. The van der Waals surface area contributed by atoms with Gasteiger partial charge in [-0.3, -0.25) is 0 Å². The summed E-state index contributed by atoms with van der Waals surface area (Å²) in [7, 11) is -3.72. The summed E-state index contributed by atoms with van der Waals surface area (Å²) < 4.78 is 36.3. The van der Waals surface area contributed by atoms with E-state index in [0.29, 0.717) is 17.9 Å². The Labute approximate surface area is 128 Å². The predicted molar refractivity (Wildman–Crippen MR) is 80.2 cm³/mol. The Balaban J connectivity index is 2.12. The minimum Gasteiger partial charge on any atom is -0.459 e. The first-order chi connectivity index (χ1) is 10.5. The Hall–Kier alpha value is -2.34. The molecule has 3 rings (SSSR count). The van der Waals surface area contributed by atoms with Gasteiger partial charge in [-0.05, 0) is 31.2 Å². The van der Waals surface area contributed by atoms with Crippen LogP contribution in [0.25, 0.3) is 11.7 Å². The summed E-state index contributed by atoms with van der Waals surface area (Å²) in [5, 5.41) is -0.0507. The number of oxazole rings is 1. The van der Waals surface area contributed by atoms with Crippen molar-refractivity contribution >= 4 is 9.84 Å². The van der Waals surface area contributed by atoms with E-state index in [9.17, 15) is 8.42 Å². The van der Waals surface area contributed by atoms with Gasteiger partial charge < -0.3 is 8.83 Å². The lowest BCUT2D eigenvalue weighted by atomic mass is 10.2. The third kappa shape index (κ3) is 2.46. The number of aromatic nitrogens is 1. The zero-order valence-electron chi connectivity index (χ0n) is 12.2. The first-order valence-electron chi connectivity index (χ1n) is 6.87. The molecule has 0 aliphatic rings. The number of nitrogens with zero attached hydrogens (tertiary/aromatic N) is 1. The van der Waals surface area contributed by atoms with Crippen molar-refractivity contribution in [3.63, 3.8) is 0 Å². The van der Waals surface area contributed by atoms with Crippen LogP contribution in [0.15, 0.2) is 61.4 Å². The van der Waals surface area contributed by atoms with Gasteiger partial charge in [0.15, 0.2) is 5.76 Å². The van der Waals surface area contributed by atoms with E-state index in [1.54, 1.807) is 36.4 Å². The van der Waals surface area contributed by atoms with Crippen LogP contribution in [0.3, 0.4) is 0 Å². The van der Waals surface area contributed by atoms with Crippen LogP contribution in [0.1, 0.15) is 18.2 Å². The van der Waals surface area contributed by atoms with Gasteiger partial charge in [0.2, 0.25) is 14.9 Å². The molecule has 0 fully saturated rings. The molecule has 0 spiro atoms. The van der Waals surface area contributed by atoms with Gasteiger partial charge in [-0.2, -0.15) is 4.98 Å². The Morgan fingerprint density at radius 1 is 1.14 bits per heavy atom. The Kier molecular flexibility index (Phi) is 3.62. The van der Waals surface area contributed by atoms with Crippen molar-refractivity contribution in [2.45, 2.75) is 30.2 Å². The maximum atomic E-state index is 12.8. The lowest BCUT2D eigenvalue weighted by molar-refractivity contribution is 0.486. The highest BCUT2D eigenvalue weighted by Gasteiger charge is 2.27. The van der Waals surface area contributed by atoms with E-state index >= 15 is 0 Å². The molecule has 0 radical (unpaired) electrons. The smallest absolute Gasteiger partial charge is 0.264 e. The average molecular weight is 317 g/mol. The van der Waals surface area contributed by atoms with Crippen LogP contribution in [0, 0.1) is 6.92 Å². The maximum Gasteiger partial charge on any atom is 0.264 e. The van der Waals surface area contributed by atoms with Crippen LogP contribution in [-0.2, 0) is 16.3 Å². The molecule has 114 valence electrons. The molecule has 0 aliphatic heterocycles. The van der Waals surface area contributed by atoms with Gasteiger partial charge in [0.1, 0.15) is 5.76 Å². The number of sulfone groups is 1. The Morgan fingerprint density at radius 3 is 2.45 bits per heavy atom. The first kappa shape index (κ1) is 14.6. The van der Waals surface area contributed by atoms with Crippen LogP contribution in [0.4, 0.5) is 0 Å². The van der Waals surface area contributed by atoms with Crippen LogP contribution in [-0.4, -0.2) is 13.4 Å². The number of furan rings is 1. The minimum atomic E-state index is -3.72. The quantitative estimate of drug-likeness (QED) is 0.734. The van der Waals surface area contributed by atoms with Crippen molar-refractivity contribution in [3.8, 4) is 11.7 Å². The fourth-order valence-corrected chi connectivity index (χ4v) is 3.51. The summed E-state index contributed by atoms with van der Waals surface area (Å²) in [6.45, 7) is 3.72. The topological polar surface area (TPSA) is 73.3 Å². The SMILES string of the molecule is CCc1oc(-c2ccco2)nc1S(=O)(=O)c1ccc(C)cc1. The minimum absolute atomic E-state index is 0.0507. The van der Waals surface area contributed by atoms with Crippen molar-refractivity contribution in [2.24, 2.45) is 0 Å². The molecular formula is C16H15NO4S. The molecule has 0 saturated heterocycles. The summed E-state index contributed by atoms with van der Waals surface area (Å²) in [5.41, 5.74) is 0.992. The van der Waals surface area contributed by atoms with E-state index in [4.69, 9.17) is 8.83 Å². The van der Waals surface area contributed by atoms with Gasteiger partial charge in [-0.1, -0.05) is 24.6 Å². The molecular weight excluding hydrogens is 302 g/mol. The highest BCUT2D eigenvalue weighted by Crippen LogP contribution is 2.29. The summed E-state index contributed by atoms with van der Waals surface area (Å²) >= 11 is 0. The number of benzene rings is 1. The van der Waals surface area contributed by atoms with E-state index in [1.807, 2.05) is 13.8 Å². The maximum absolute atomic E-state index is 12.8. The van der Waals surface area contributed by atoms with Crippen molar-refractivity contribution < 1.29 is 17.3 Å². The Morgan fingerprint density at radius 2 is 1.86 bits per heavy atom. The molecule has 0 amide bonds. The van der Waals surface area contributed by atoms with Crippen molar-refractivity contribution in [2.75, 3.05) is 0 Å². The molecule has 0 aliphatic carbocycles. The largest absolute Gasteiger partial charge is 0.459 e. The van der Waals surface area contributed by atoms with Crippen molar-refractivity contribution in [1.82, 2.24) is 4.98 Å². The second-order valence-corrected chi connectivity index (χ2v) is 6.76. The fourth-order valence-electron chi connectivity index (χ4n) is 2.11. The molecule has 0 bridgehead atoms. The number of rotatable bonds is 4. The lowest BCUT2D eigenvalue weighted by Crippen LogP contribution is -2.05. The van der Waals surface area contributed by atoms with Gasteiger partial charge >= 0.3 is 0 Å². The molecule has 6 heteroatoms. The van der Waals surface area contributed by atoms with Gasteiger partial charge in [0.25, 0.3) is 5.89 Å². The summed E-state index contributed by atoms with van der Waals surface area (Å²) in [6, 6.07) is 10.0. The molecule has 5 nitrogen and oxygen atoms in total. The zero-order chi connectivity index (χ0) is 15.7. The monoisotopic (exact) mass is 317 g/mol. The fraction of sp³-hybridized carbons (Fsp3) is 0.188. The molecule has 3 aromatic rings.